The van der Waals surface area contributed by atoms with Crippen molar-refractivity contribution >= 4 is 34.8 Å². The lowest BCUT2D eigenvalue weighted by atomic mass is 10.2. The first-order valence-electron chi connectivity index (χ1n) is 6.50. The number of halogens is 2. The van der Waals surface area contributed by atoms with Crippen LogP contribution in [0.2, 0.25) is 10.0 Å². The number of rotatable bonds is 6. The summed E-state index contributed by atoms with van der Waals surface area (Å²) in [5.74, 6) is -0.114. The molecule has 5 heteroatoms. The van der Waals surface area contributed by atoms with E-state index in [1.165, 1.54) is 0 Å². The molecule has 1 aromatic rings. The number of nitrogens with one attached hydrogen (secondary N) is 1. The van der Waals surface area contributed by atoms with Crippen LogP contribution in [-0.4, -0.2) is 29.9 Å². The molecule has 0 aliphatic heterocycles. The molecule has 20 heavy (non-hydrogen) atoms. The van der Waals surface area contributed by atoms with Gasteiger partial charge in [0, 0.05) is 6.54 Å². The summed E-state index contributed by atoms with van der Waals surface area (Å²) in [5.41, 5.74) is 1.55. The Balaban J connectivity index is 2.79. The topological polar surface area (TPSA) is 32.3 Å². The van der Waals surface area contributed by atoms with E-state index in [0.29, 0.717) is 22.3 Å². The van der Waals surface area contributed by atoms with Crippen LogP contribution in [0, 0.1) is 0 Å². The van der Waals surface area contributed by atoms with Gasteiger partial charge in [-0.3, -0.25) is 9.69 Å². The van der Waals surface area contributed by atoms with Crippen LogP contribution < -0.4 is 5.32 Å². The van der Waals surface area contributed by atoms with Gasteiger partial charge in [-0.15, -0.1) is 0 Å². The van der Waals surface area contributed by atoms with Crippen molar-refractivity contribution in [3.63, 3.8) is 0 Å². The van der Waals surface area contributed by atoms with Gasteiger partial charge < -0.3 is 5.32 Å². The fraction of sp³-hybridized carbons (Fsp3) is 0.400. The third-order valence-corrected chi connectivity index (χ3v) is 3.83. The number of nitrogens with zero attached hydrogens (tertiary/aromatic N) is 1. The highest BCUT2D eigenvalue weighted by Gasteiger charge is 2.20. The summed E-state index contributed by atoms with van der Waals surface area (Å²) in [5, 5.41) is 3.59. The Morgan fingerprint density at radius 1 is 1.45 bits per heavy atom. The van der Waals surface area contributed by atoms with E-state index in [0.717, 1.165) is 12.1 Å². The van der Waals surface area contributed by atoms with Crippen molar-refractivity contribution in [1.82, 2.24) is 4.90 Å². The van der Waals surface area contributed by atoms with Crippen LogP contribution in [0.25, 0.3) is 0 Å². The van der Waals surface area contributed by atoms with Gasteiger partial charge in [0.15, 0.2) is 0 Å². The fourth-order valence-electron chi connectivity index (χ4n) is 1.87. The molecular weight excluding hydrogens is 295 g/mol. The Kier molecular flexibility index (Phi) is 6.53. The zero-order chi connectivity index (χ0) is 15.3. The highest BCUT2D eigenvalue weighted by Crippen LogP contribution is 2.29. The maximum atomic E-state index is 12.3. The Bertz CT molecular complexity index is 503. The Hall–Kier alpha value is -1.03. The molecule has 0 bridgehead atoms. The molecule has 0 saturated heterocycles. The van der Waals surface area contributed by atoms with Gasteiger partial charge in [-0.25, -0.2) is 0 Å². The first-order valence-corrected chi connectivity index (χ1v) is 7.25. The van der Waals surface area contributed by atoms with Gasteiger partial charge in [-0.1, -0.05) is 48.3 Å². The van der Waals surface area contributed by atoms with Gasteiger partial charge in [-0.2, -0.15) is 0 Å². The van der Waals surface area contributed by atoms with E-state index in [1.54, 1.807) is 18.2 Å². The van der Waals surface area contributed by atoms with Gasteiger partial charge in [0.25, 0.3) is 0 Å². The number of hydrogen-bond donors (Lipinski definition) is 1. The number of hydrogen-bond acceptors (Lipinski definition) is 2. The minimum absolute atomic E-state index is 0.114. The molecular formula is C15H20Cl2N2O. The lowest BCUT2D eigenvalue weighted by Gasteiger charge is -2.27. The molecule has 1 aromatic carbocycles. The monoisotopic (exact) mass is 314 g/mol. The van der Waals surface area contributed by atoms with Crippen LogP contribution in [0.4, 0.5) is 5.69 Å². The second-order valence-corrected chi connectivity index (χ2v) is 5.57. The number of benzene rings is 1. The average Bonchev–Trinajstić information content (AvgIpc) is 2.40. The molecule has 0 heterocycles. The lowest BCUT2D eigenvalue weighted by Crippen LogP contribution is -2.42. The van der Waals surface area contributed by atoms with Gasteiger partial charge in [0.05, 0.1) is 21.8 Å². The predicted octanol–water partition coefficient (Wildman–Crippen LogP) is 4.22. The van der Waals surface area contributed by atoms with Crippen molar-refractivity contribution in [2.75, 3.05) is 18.4 Å². The normalized spacial score (nSPS) is 12.3. The summed E-state index contributed by atoms with van der Waals surface area (Å²) in [4.78, 5) is 14.3. The lowest BCUT2D eigenvalue weighted by molar-refractivity contribution is -0.120. The summed E-state index contributed by atoms with van der Waals surface area (Å²) < 4.78 is 0. The minimum Gasteiger partial charge on any atom is -0.323 e. The van der Waals surface area contributed by atoms with Crippen LogP contribution in [0.5, 0.6) is 0 Å². The zero-order valence-corrected chi connectivity index (χ0v) is 13.6. The molecule has 0 radical (unpaired) electrons. The smallest absolute Gasteiger partial charge is 0.241 e. The number of likely N-dealkylation sites (N-methyl/N-ethyl adjacent to an activating group) is 1. The molecule has 110 valence electrons. The van der Waals surface area contributed by atoms with E-state index in [4.69, 9.17) is 23.2 Å². The third-order valence-electron chi connectivity index (χ3n) is 3.02. The van der Waals surface area contributed by atoms with E-state index in [-0.39, 0.29) is 11.9 Å². The number of carbonyl (C=O) groups excluding carboxylic acids is 1. The number of amides is 1. The van der Waals surface area contributed by atoms with Crippen molar-refractivity contribution in [1.29, 1.82) is 0 Å². The Labute approximate surface area is 130 Å². The Morgan fingerprint density at radius 2 is 2.10 bits per heavy atom. The molecule has 1 rings (SSSR count). The van der Waals surface area contributed by atoms with E-state index in [9.17, 15) is 4.79 Å². The molecule has 0 aliphatic carbocycles. The minimum atomic E-state index is -0.272. The molecule has 1 N–H and O–H groups in total. The van der Waals surface area contributed by atoms with Gasteiger partial charge >= 0.3 is 0 Å². The summed E-state index contributed by atoms with van der Waals surface area (Å²) >= 11 is 12.0. The van der Waals surface area contributed by atoms with Crippen molar-refractivity contribution in [2.24, 2.45) is 0 Å². The molecule has 1 amide bonds. The summed E-state index contributed by atoms with van der Waals surface area (Å²) in [6, 6.07) is 4.89. The molecule has 0 saturated carbocycles. The standard InChI is InChI=1S/C15H20Cl2N2O/c1-5-19(9-10(2)3)11(4)15(20)18-13-8-6-7-12(16)14(13)17/h6-8,11H,2,5,9H2,1,3-4H3,(H,18,20). The highest BCUT2D eigenvalue weighted by molar-refractivity contribution is 6.44. The van der Waals surface area contributed by atoms with Crippen molar-refractivity contribution < 1.29 is 4.79 Å². The second kappa shape index (κ2) is 7.67. The van der Waals surface area contributed by atoms with Crippen LogP contribution >= 0.6 is 23.2 Å². The molecule has 3 nitrogen and oxygen atoms in total. The van der Waals surface area contributed by atoms with Gasteiger partial charge in [-0.05, 0) is 32.5 Å². The van der Waals surface area contributed by atoms with Gasteiger partial charge in [0.2, 0.25) is 5.91 Å². The predicted molar refractivity (Wildman–Crippen MR) is 86.6 cm³/mol. The molecule has 1 atom stereocenters. The van der Waals surface area contributed by atoms with Crippen molar-refractivity contribution in [3.8, 4) is 0 Å². The molecule has 0 fully saturated rings. The zero-order valence-electron chi connectivity index (χ0n) is 12.0. The maximum Gasteiger partial charge on any atom is 0.241 e. The van der Waals surface area contributed by atoms with E-state index in [2.05, 4.69) is 11.9 Å². The van der Waals surface area contributed by atoms with E-state index in [1.807, 2.05) is 25.7 Å². The summed E-state index contributed by atoms with van der Waals surface area (Å²) in [6.07, 6.45) is 0. The van der Waals surface area contributed by atoms with Crippen molar-refractivity contribution in [2.45, 2.75) is 26.8 Å². The SMILES string of the molecule is C=C(C)CN(CC)C(C)C(=O)Nc1cccc(Cl)c1Cl. The fourth-order valence-corrected chi connectivity index (χ4v) is 2.22. The summed E-state index contributed by atoms with van der Waals surface area (Å²) in [6.45, 7) is 11.2. The maximum absolute atomic E-state index is 12.3. The van der Waals surface area contributed by atoms with Crippen LogP contribution in [0.1, 0.15) is 20.8 Å². The quantitative estimate of drug-likeness (QED) is 0.797. The van der Waals surface area contributed by atoms with E-state index < -0.39 is 0 Å². The van der Waals surface area contributed by atoms with Gasteiger partial charge in [0.1, 0.15) is 0 Å². The molecule has 0 aliphatic rings. The van der Waals surface area contributed by atoms with Crippen LogP contribution in [0.3, 0.4) is 0 Å². The van der Waals surface area contributed by atoms with Crippen LogP contribution in [-0.2, 0) is 4.79 Å². The molecule has 1 unspecified atom stereocenters. The second-order valence-electron chi connectivity index (χ2n) is 4.79. The average molecular weight is 315 g/mol. The molecule has 0 aromatic heterocycles. The number of anilines is 1. The first-order chi connectivity index (χ1) is 9.36. The van der Waals surface area contributed by atoms with Crippen LogP contribution in [0.15, 0.2) is 30.4 Å². The third kappa shape index (κ3) is 4.51. The Morgan fingerprint density at radius 3 is 2.65 bits per heavy atom. The first kappa shape index (κ1) is 17.0. The largest absolute Gasteiger partial charge is 0.323 e. The van der Waals surface area contributed by atoms with Crippen molar-refractivity contribution in [3.05, 3.63) is 40.4 Å². The van der Waals surface area contributed by atoms with E-state index >= 15 is 0 Å². The highest BCUT2D eigenvalue weighted by atomic mass is 35.5. The molecule has 0 spiro atoms. The number of carbonyl (C=O) groups is 1. The summed E-state index contributed by atoms with van der Waals surface area (Å²) in [7, 11) is 0.